The normalized spacial score (nSPS) is 17.1. The van der Waals surface area contributed by atoms with Crippen molar-refractivity contribution in [3.05, 3.63) is 115 Å². The van der Waals surface area contributed by atoms with Crippen molar-refractivity contribution in [1.82, 2.24) is 9.80 Å². The van der Waals surface area contributed by atoms with Crippen LogP contribution in [0.25, 0.3) is 0 Å². The molecule has 0 unspecified atom stereocenters. The maximum Gasteiger partial charge on any atom is 0.237 e. The fourth-order valence-corrected chi connectivity index (χ4v) is 8.02. The molecule has 0 spiro atoms. The van der Waals surface area contributed by atoms with Gasteiger partial charge in [-0.2, -0.15) is 10.5 Å². The number of amides is 2. The first-order valence-corrected chi connectivity index (χ1v) is 15.6. The standard InChI is InChI=1S/2C17H16N2OS/c2*1-12-9-14-15(13-5-3-2-4-6-13)10-19(11-16(14)21-12)17(20)7-8-18/h2*2-6,9,15H,7,10-11H2,1H3/t2*15-/m10/s1. The van der Waals surface area contributed by atoms with Gasteiger partial charge in [-0.1, -0.05) is 60.7 Å². The van der Waals surface area contributed by atoms with Gasteiger partial charge in [0.15, 0.2) is 0 Å². The quantitative estimate of drug-likeness (QED) is 0.258. The predicted molar refractivity (Wildman–Crippen MR) is 166 cm³/mol. The average molecular weight is 593 g/mol. The highest BCUT2D eigenvalue weighted by Gasteiger charge is 2.31. The number of nitriles is 2. The summed E-state index contributed by atoms with van der Waals surface area (Å²) < 4.78 is 0. The van der Waals surface area contributed by atoms with E-state index in [-0.39, 0.29) is 36.5 Å². The summed E-state index contributed by atoms with van der Waals surface area (Å²) in [4.78, 5) is 32.9. The Bertz CT molecular complexity index is 1520. The lowest BCUT2D eigenvalue weighted by Crippen LogP contribution is -2.37. The van der Waals surface area contributed by atoms with Crippen LogP contribution in [0.3, 0.4) is 0 Å². The molecule has 2 aromatic carbocycles. The zero-order chi connectivity index (χ0) is 29.6. The molecule has 4 heterocycles. The van der Waals surface area contributed by atoms with Gasteiger partial charge in [0, 0.05) is 44.4 Å². The highest BCUT2D eigenvalue weighted by atomic mass is 32.1. The third-order valence-corrected chi connectivity index (χ3v) is 9.83. The summed E-state index contributed by atoms with van der Waals surface area (Å²) in [6.45, 7) is 6.80. The molecule has 0 saturated carbocycles. The second-order valence-corrected chi connectivity index (χ2v) is 13.3. The van der Waals surface area contributed by atoms with Gasteiger partial charge >= 0.3 is 0 Å². The highest BCUT2D eigenvalue weighted by Crippen LogP contribution is 2.39. The van der Waals surface area contributed by atoms with Crippen LogP contribution < -0.4 is 0 Å². The number of rotatable bonds is 4. The summed E-state index contributed by atoms with van der Waals surface area (Å²) in [7, 11) is 0. The molecule has 2 aliphatic heterocycles. The van der Waals surface area contributed by atoms with E-state index >= 15 is 0 Å². The van der Waals surface area contributed by atoms with E-state index in [1.165, 1.54) is 41.8 Å². The van der Waals surface area contributed by atoms with Crippen molar-refractivity contribution in [2.75, 3.05) is 13.1 Å². The molecular weight excluding hydrogens is 561 g/mol. The largest absolute Gasteiger partial charge is 0.336 e. The molecule has 0 fully saturated rings. The van der Waals surface area contributed by atoms with Gasteiger partial charge in [0.1, 0.15) is 12.8 Å². The summed E-state index contributed by atoms with van der Waals surface area (Å²) in [5, 5.41) is 17.5. The molecule has 0 aliphatic carbocycles. The van der Waals surface area contributed by atoms with E-state index in [0.29, 0.717) is 26.2 Å². The first-order chi connectivity index (χ1) is 20.4. The maximum absolute atomic E-state index is 12.1. The van der Waals surface area contributed by atoms with Crippen molar-refractivity contribution < 1.29 is 9.59 Å². The molecule has 0 bridgehead atoms. The third-order valence-electron chi connectivity index (χ3n) is 7.73. The van der Waals surface area contributed by atoms with E-state index in [9.17, 15) is 9.59 Å². The van der Waals surface area contributed by atoms with Crippen molar-refractivity contribution in [3.63, 3.8) is 0 Å². The van der Waals surface area contributed by atoms with Crippen molar-refractivity contribution >= 4 is 34.5 Å². The van der Waals surface area contributed by atoms with E-state index in [0.717, 1.165) is 0 Å². The Morgan fingerprint density at radius 3 is 1.45 bits per heavy atom. The topological polar surface area (TPSA) is 88.2 Å². The number of hydrogen-bond donors (Lipinski definition) is 0. The van der Waals surface area contributed by atoms with E-state index < -0.39 is 0 Å². The number of aryl methyl sites for hydroxylation is 2. The van der Waals surface area contributed by atoms with Crippen LogP contribution in [0.2, 0.25) is 0 Å². The molecule has 212 valence electrons. The lowest BCUT2D eigenvalue weighted by molar-refractivity contribution is -0.132. The minimum atomic E-state index is -0.0739. The zero-order valence-electron chi connectivity index (χ0n) is 23.7. The monoisotopic (exact) mass is 592 g/mol. The van der Waals surface area contributed by atoms with E-state index in [1.54, 1.807) is 22.7 Å². The Labute approximate surface area is 255 Å². The minimum Gasteiger partial charge on any atom is -0.336 e. The Morgan fingerprint density at radius 1 is 0.714 bits per heavy atom. The van der Waals surface area contributed by atoms with Crippen LogP contribution >= 0.6 is 22.7 Å². The fourth-order valence-electron chi connectivity index (χ4n) is 5.79. The third kappa shape index (κ3) is 6.46. The van der Waals surface area contributed by atoms with Gasteiger partial charge in [-0.3, -0.25) is 9.59 Å². The van der Waals surface area contributed by atoms with Crippen LogP contribution in [-0.4, -0.2) is 34.7 Å². The summed E-state index contributed by atoms with van der Waals surface area (Å²) in [6.07, 6.45) is -0.0810. The van der Waals surface area contributed by atoms with Gasteiger partial charge in [-0.25, -0.2) is 0 Å². The number of nitrogens with zero attached hydrogens (tertiary/aromatic N) is 4. The molecule has 2 aromatic heterocycles. The molecule has 42 heavy (non-hydrogen) atoms. The van der Waals surface area contributed by atoms with Crippen LogP contribution in [0, 0.1) is 36.5 Å². The molecule has 6 nitrogen and oxygen atoms in total. The number of fused-ring (bicyclic) bond motifs is 2. The summed E-state index contributed by atoms with van der Waals surface area (Å²) in [5.41, 5.74) is 5.13. The van der Waals surface area contributed by atoms with Crippen LogP contribution in [0.5, 0.6) is 0 Å². The van der Waals surface area contributed by atoms with Gasteiger partial charge in [0.05, 0.1) is 25.2 Å². The number of thiophene rings is 2. The lowest BCUT2D eigenvalue weighted by Gasteiger charge is -2.32. The van der Waals surface area contributed by atoms with Gasteiger partial charge in [0.2, 0.25) is 11.8 Å². The first-order valence-electron chi connectivity index (χ1n) is 14.0. The molecule has 2 atom stereocenters. The Morgan fingerprint density at radius 2 is 1.10 bits per heavy atom. The SMILES string of the molecule is Cc1cc2c(s1)CN(C(=O)CC#N)C[C@@H]2c1ccccc1.Cc1cc2c(s1)CN(C(=O)CC#N)C[C@H]2c1ccccc1. The molecule has 2 aliphatic rings. The summed E-state index contributed by atoms with van der Waals surface area (Å²) >= 11 is 3.50. The summed E-state index contributed by atoms with van der Waals surface area (Å²) in [5.74, 6) is 0.273. The lowest BCUT2D eigenvalue weighted by atomic mass is 9.88. The van der Waals surface area contributed by atoms with Crippen LogP contribution in [0.4, 0.5) is 0 Å². The molecule has 0 radical (unpaired) electrons. The second kappa shape index (κ2) is 13.2. The molecule has 4 aromatic rings. The van der Waals surface area contributed by atoms with Gasteiger partial charge in [-0.15, -0.1) is 22.7 Å². The predicted octanol–water partition coefficient (Wildman–Crippen LogP) is 6.89. The van der Waals surface area contributed by atoms with Crippen LogP contribution in [0.1, 0.15) is 66.4 Å². The molecule has 0 N–H and O–H groups in total. The molecular formula is C34H32N4O2S2. The number of hydrogen-bond acceptors (Lipinski definition) is 6. The van der Waals surface area contributed by atoms with E-state index in [1.807, 2.05) is 58.3 Å². The maximum atomic E-state index is 12.1. The van der Waals surface area contributed by atoms with Crippen molar-refractivity contribution in [3.8, 4) is 12.1 Å². The van der Waals surface area contributed by atoms with E-state index in [2.05, 4.69) is 50.2 Å². The number of benzene rings is 2. The molecule has 2 amide bonds. The molecule has 0 saturated heterocycles. The van der Waals surface area contributed by atoms with E-state index in [4.69, 9.17) is 10.5 Å². The van der Waals surface area contributed by atoms with Crippen LogP contribution in [0.15, 0.2) is 72.8 Å². The second-order valence-electron chi connectivity index (χ2n) is 10.6. The van der Waals surface area contributed by atoms with Gasteiger partial charge < -0.3 is 9.80 Å². The summed E-state index contributed by atoms with van der Waals surface area (Å²) in [6, 6.07) is 29.0. The Hall–Kier alpha value is -4.24. The number of carbonyl (C=O) groups is 2. The Kier molecular flexibility index (Phi) is 9.17. The fraction of sp³-hybridized carbons (Fsp3) is 0.294. The van der Waals surface area contributed by atoms with Gasteiger partial charge in [0.25, 0.3) is 0 Å². The average Bonchev–Trinajstić information content (AvgIpc) is 3.58. The van der Waals surface area contributed by atoms with Crippen molar-refractivity contribution in [2.45, 2.75) is 51.6 Å². The number of carbonyl (C=O) groups excluding carboxylic acids is 2. The van der Waals surface area contributed by atoms with Gasteiger partial charge in [-0.05, 0) is 48.2 Å². The smallest absolute Gasteiger partial charge is 0.237 e. The van der Waals surface area contributed by atoms with Crippen LogP contribution in [-0.2, 0) is 22.7 Å². The Balaban J connectivity index is 0.000000168. The molecule has 6 rings (SSSR count). The van der Waals surface area contributed by atoms with Crippen molar-refractivity contribution in [2.24, 2.45) is 0 Å². The van der Waals surface area contributed by atoms with Crippen molar-refractivity contribution in [1.29, 1.82) is 10.5 Å². The zero-order valence-corrected chi connectivity index (χ0v) is 25.4. The first kappa shape index (κ1) is 29.3. The minimum absolute atomic E-state index is 0.0405. The molecule has 8 heteroatoms. The highest BCUT2D eigenvalue weighted by molar-refractivity contribution is 7.12.